The fourth-order valence-electron chi connectivity index (χ4n) is 2.78. The van der Waals surface area contributed by atoms with Gasteiger partial charge >= 0.3 is 11.9 Å². The van der Waals surface area contributed by atoms with E-state index in [0.717, 1.165) is 16.7 Å². The molecule has 0 saturated carbocycles. The highest BCUT2D eigenvalue weighted by molar-refractivity contribution is 5.78. The average molecular weight is 366 g/mol. The Labute approximate surface area is 144 Å². The maximum absolute atomic E-state index is 13.0. The van der Waals surface area contributed by atoms with E-state index < -0.39 is 29.8 Å². The molecule has 136 valence electrons. The second kappa shape index (κ2) is 6.44. The number of halogens is 4. The molecule has 0 amide bonds. The van der Waals surface area contributed by atoms with E-state index in [0.29, 0.717) is 15.7 Å². The lowest BCUT2D eigenvalue weighted by molar-refractivity contribution is -0.140. The number of hydrogen-bond acceptors (Lipinski definition) is 2. The molecule has 0 aliphatic rings. The molecule has 0 aliphatic carbocycles. The van der Waals surface area contributed by atoms with Gasteiger partial charge in [0.15, 0.2) is 0 Å². The van der Waals surface area contributed by atoms with Crippen molar-refractivity contribution in [1.82, 2.24) is 9.13 Å². The van der Waals surface area contributed by atoms with Crippen LogP contribution in [-0.4, -0.2) is 15.3 Å². The van der Waals surface area contributed by atoms with Gasteiger partial charge in [-0.15, -0.1) is 0 Å². The predicted molar refractivity (Wildman–Crippen MR) is 88.8 cm³/mol. The summed E-state index contributed by atoms with van der Waals surface area (Å²) in [5.74, 6) is -0.496. The summed E-state index contributed by atoms with van der Waals surface area (Å²) < 4.78 is 53.1. The monoisotopic (exact) mass is 366 g/mol. The molecule has 3 rings (SSSR count). The van der Waals surface area contributed by atoms with Crippen molar-refractivity contribution in [3.05, 3.63) is 80.2 Å². The molecule has 26 heavy (non-hydrogen) atoms. The Morgan fingerprint density at radius 1 is 0.962 bits per heavy atom. The first kappa shape index (κ1) is 17.9. The van der Waals surface area contributed by atoms with Crippen molar-refractivity contribution in [2.45, 2.75) is 26.2 Å². The Balaban J connectivity index is 2.26. The van der Waals surface area contributed by atoms with E-state index in [-0.39, 0.29) is 17.4 Å². The van der Waals surface area contributed by atoms with Gasteiger partial charge in [-0.2, -0.15) is 13.2 Å². The normalized spacial score (nSPS) is 11.9. The van der Waals surface area contributed by atoms with Gasteiger partial charge in [0.05, 0.1) is 17.4 Å². The fraction of sp³-hybridized carbons (Fsp3) is 0.222. The molecule has 4 nitrogen and oxygen atoms in total. The molecule has 3 aromatic rings. The minimum Gasteiger partial charge on any atom is -0.284 e. The predicted octanol–water partition coefficient (Wildman–Crippen LogP) is 3.22. The van der Waals surface area contributed by atoms with Crippen molar-refractivity contribution in [2.75, 3.05) is 0 Å². The Morgan fingerprint density at radius 3 is 2.23 bits per heavy atom. The zero-order chi connectivity index (χ0) is 19.1. The summed E-state index contributed by atoms with van der Waals surface area (Å²) in [5, 5.41) is 0.0240. The van der Waals surface area contributed by atoms with Crippen LogP contribution in [-0.2, 0) is 13.1 Å². The number of alkyl halides is 3. The molecule has 0 bridgehead atoms. The molecule has 0 saturated heterocycles. The number of aryl methyl sites for hydroxylation is 1. The first-order valence-corrected chi connectivity index (χ1v) is 7.71. The van der Waals surface area contributed by atoms with Crippen molar-refractivity contribution in [2.24, 2.45) is 0 Å². The topological polar surface area (TPSA) is 44.0 Å². The Kier molecular flexibility index (Phi) is 4.43. The standard InChI is InChI=1S/C18H14F4N2O2/c1-11-2-7-15-14(8-11)16(25)23(9-12-3-5-13(19)6-4-12)17(26)24(15)10-18(20,21)22/h2-8H,9-10H2,1H3. The highest BCUT2D eigenvalue weighted by Gasteiger charge is 2.30. The lowest BCUT2D eigenvalue weighted by atomic mass is 10.1. The highest BCUT2D eigenvalue weighted by Crippen LogP contribution is 2.19. The van der Waals surface area contributed by atoms with Crippen LogP contribution in [0.4, 0.5) is 17.6 Å². The zero-order valence-corrected chi connectivity index (χ0v) is 13.7. The molecule has 8 heteroatoms. The van der Waals surface area contributed by atoms with Crippen molar-refractivity contribution in [3.8, 4) is 0 Å². The van der Waals surface area contributed by atoms with Gasteiger partial charge in [-0.1, -0.05) is 23.8 Å². The largest absolute Gasteiger partial charge is 0.406 e. The van der Waals surface area contributed by atoms with Crippen LogP contribution in [0.5, 0.6) is 0 Å². The van der Waals surface area contributed by atoms with Crippen LogP contribution in [0.1, 0.15) is 11.1 Å². The van der Waals surface area contributed by atoms with Crippen LogP contribution in [0.15, 0.2) is 52.1 Å². The van der Waals surface area contributed by atoms with Crippen LogP contribution in [0.3, 0.4) is 0 Å². The molecule has 0 aliphatic heterocycles. The van der Waals surface area contributed by atoms with E-state index >= 15 is 0 Å². The number of hydrogen-bond donors (Lipinski definition) is 0. The van der Waals surface area contributed by atoms with Crippen LogP contribution in [0, 0.1) is 12.7 Å². The summed E-state index contributed by atoms with van der Waals surface area (Å²) in [6.07, 6.45) is -4.63. The van der Waals surface area contributed by atoms with E-state index in [1.165, 1.54) is 24.3 Å². The van der Waals surface area contributed by atoms with Crippen LogP contribution < -0.4 is 11.2 Å². The molecule has 2 aromatic carbocycles. The number of rotatable bonds is 3. The maximum Gasteiger partial charge on any atom is 0.406 e. The van der Waals surface area contributed by atoms with Crippen molar-refractivity contribution < 1.29 is 17.6 Å². The molecule has 1 heterocycles. The van der Waals surface area contributed by atoms with Crippen LogP contribution in [0.2, 0.25) is 0 Å². The molecular formula is C18H14F4N2O2. The van der Waals surface area contributed by atoms with E-state index in [9.17, 15) is 27.2 Å². The van der Waals surface area contributed by atoms with E-state index in [1.807, 2.05) is 0 Å². The quantitative estimate of drug-likeness (QED) is 0.668. The SMILES string of the molecule is Cc1ccc2c(c1)c(=O)n(Cc1ccc(F)cc1)c(=O)n2CC(F)(F)F. The minimum atomic E-state index is -4.63. The first-order valence-electron chi connectivity index (χ1n) is 7.71. The smallest absolute Gasteiger partial charge is 0.284 e. The third kappa shape index (κ3) is 3.54. The minimum absolute atomic E-state index is 0.0240. The number of aromatic nitrogens is 2. The van der Waals surface area contributed by atoms with Crippen molar-refractivity contribution in [1.29, 1.82) is 0 Å². The number of fused-ring (bicyclic) bond motifs is 1. The third-order valence-corrected chi connectivity index (χ3v) is 3.97. The van der Waals surface area contributed by atoms with Gasteiger partial charge < -0.3 is 0 Å². The molecule has 0 N–H and O–H groups in total. The van der Waals surface area contributed by atoms with Gasteiger partial charge in [0, 0.05) is 0 Å². The maximum atomic E-state index is 13.0. The van der Waals surface area contributed by atoms with Crippen LogP contribution >= 0.6 is 0 Å². The van der Waals surface area contributed by atoms with Gasteiger partial charge in [-0.25, -0.2) is 9.18 Å². The Bertz CT molecular complexity index is 1080. The lowest BCUT2D eigenvalue weighted by Crippen LogP contribution is -2.42. The summed E-state index contributed by atoms with van der Waals surface area (Å²) in [6.45, 7) is -0.0584. The molecule has 0 spiro atoms. The summed E-state index contributed by atoms with van der Waals surface area (Å²) in [6, 6.07) is 9.37. The molecule has 1 aromatic heterocycles. The van der Waals surface area contributed by atoms with Crippen molar-refractivity contribution in [3.63, 3.8) is 0 Å². The summed E-state index contributed by atoms with van der Waals surface area (Å²) in [5.41, 5.74) is -0.709. The molecule has 0 fully saturated rings. The number of benzene rings is 2. The van der Waals surface area contributed by atoms with E-state index in [4.69, 9.17) is 0 Å². The van der Waals surface area contributed by atoms with E-state index in [1.54, 1.807) is 13.0 Å². The molecule has 0 radical (unpaired) electrons. The molecule has 0 unspecified atom stereocenters. The van der Waals surface area contributed by atoms with Gasteiger partial charge in [-0.05, 0) is 36.8 Å². The van der Waals surface area contributed by atoms with Gasteiger partial charge in [0.25, 0.3) is 5.56 Å². The van der Waals surface area contributed by atoms with E-state index in [2.05, 4.69) is 0 Å². The van der Waals surface area contributed by atoms with Gasteiger partial charge in [0.2, 0.25) is 0 Å². The summed E-state index contributed by atoms with van der Waals surface area (Å²) >= 11 is 0. The number of nitrogens with zero attached hydrogens (tertiary/aromatic N) is 2. The summed E-state index contributed by atoms with van der Waals surface area (Å²) in [7, 11) is 0. The second-order valence-corrected chi connectivity index (χ2v) is 6.02. The third-order valence-electron chi connectivity index (χ3n) is 3.97. The average Bonchev–Trinajstić information content (AvgIpc) is 2.56. The zero-order valence-electron chi connectivity index (χ0n) is 13.7. The second-order valence-electron chi connectivity index (χ2n) is 6.02. The highest BCUT2D eigenvalue weighted by atomic mass is 19.4. The van der Waals surface area contributed by atoms with Gasteiger partial charge in [-0.3, -0.25) is 13.9 Å². The molecular weight excluding hydrogens is 352 g/mol. The molecule has 0 atom stereocenters. The van der Waals surface area contributed by atoms with Crippen LogP contribution in [0.25, 0.3) is 10.9 Å². The van der Waals surface area contributed by atoms with Gasteiger partial charge in [0.1, 0.15) is 12.4 Å². The van der Waals surface area contributed by atoms with Crippen molar-refractivity contribution >= 4 is 10.9 Å². The summed E-state index contributed by atoms with van der Waals surface area (Å²) in [4.78, 5) is 25.3. The Morgan fingerprint density at radius 2 is 1.62 bits per heavy atom. The lowest BCUT2D eigenvalue weighted by Gasteiger charge is -2.16. The first-order chi connectivity index (χ1) is 12.2. The Hall–Kier alpha value is -2.90. The fourth-order valence-corrected chi connectivity index (χ4v) is 2.78.